The van der Waals surface area contributed by atoms with E-state index in [1.807, 2.05) is 45.4 Å². The van der Waals surface area contributed by atoms with E-state index in [0.717, 1.165) is 43.0 Å². The summed E-state index contributed by atoms with van der Waals surface area (Å²) < 4.78 is 3.90. The molecule has 0 bridgehead atoms. The zero-order valence-corrected chi connectivity index (χ0v) is 14.0. The summed E-state index contributed by atoms with van der Waals surface area (Å²) in [6, 6.07) is 6.02. The molecule has 0 radical (unpaired) electrons. The summed E-state index contributed by atoms with van der Waals surface area (Å²) >= 11 is 0. The zero-order chi connectivity index (χ0) is 16.7. The first kappa shape index (κ1) is 14.9. The number of fused-ring (bicyclic) bond motifs is 1. The Balaban J connectivity index is 1.61. The molecule has 0 unspecified atom stereocenters. The number of carbonyl (C=O) groups is 1. The number of hydrogen-bond donors (Lipinski definition) is 0. The standard InChI is InChI=1S/C18H21N5O/c1-13-11-14(2)23(20-13)12-15-5-3-9-22(15)18(24)16-6-4-8-21-10-7-19-17(16)21/h4,6-8,10-11,15H,3,5,9,12H2,1-2H3/t15-/m0/s1. The number of imidazole rings is 1. The molecule has 0 N–H and O–H groups in total. The molecule has 6 nitrogen and oxygen atoms in total. The van der Waals surface area contributed by atoms with E-state index in [2.05, 4.69) is 23.1 Å². The van der Waals surface area contributed by atoms with Crippen LogP contribution in [-0.4, -0.2) is 42.6 Å². The first-order chi connectivity index (χ1) is 11.6. The Hall–Kier alpha value is -2.63. The van der Waals surface area contributed by atoms with Crippen molar-refractivity contribution in [1.29, 1.82) is 0 Å². The monoisotopic (exact) mass is 323 g/mol. The van der Waals surface area contributed by atoms with E-state index >= 15 is 0 Å². The van der Waals surface area contributed by atoms with E-state index in [4.69, 9.17) is 0 Å². The highest BCUT2D eigenvalue weighted by molar-refractivity contribution is 6.00. The Morgan fingerprint density at radius 2 is 2.21 bits per heavy atom. The largest absolute Gasteiger partial charge is 0.334 e. The first-order valence-electron chi connectivity index (χ1n) is 8.37. The van der Waals surface area contributed by atoms with Gasteiger partial charge in [-0.1, -0.05) is 0 Å². The second kappa shape index (κ2) is 5.78. The lowest BCUT2D eigenvalue weighted by Gasteiger charge is -2.25. The average Bonchev–Trinajstić information content (AvgIpc) is 3.27. The van der Waals surface area contributed by atoms with Crippen LogP contribution in [0.2, 0.25) is 0 Å². The fraction of sp³-hybridized carbons (Fsp3) is 0.389. The van der Waals surface area contributed by atoms with Gasteiger partial charge in [0, 0.05) is 30.8 Å². The van der Waals surface area contributed by atoms with E-state index in [1.165, 1.54) is 0 Å². The van der Waals surface area contributed by atoms with Crippen LogP contribution in [0.1, 0.15) is 34.6 Å². The van der Waals surface area contributed by atoms with Gasteiger partial charge in [0.25, 0.3) is 5.91 Å². The number of hydrogen-bond acceptors (Lipinski definition) is 3. The molecule has 24 heavy (non-hydrogen) atoms. The number of aromatic nitrogens is 4. The minimum Gasteiger partial charge on any atom is -0.334 e. The minimum absolute atomic E-state index is 0.0656. The van der Waals surface area contributed by atoms with E-state index in [-0.39, 0.29) is 11.9 Å². The summed E-state index contributed by atoms with van der Waals surface area (Å²) in [5.74, 6) is 0.0656. The fourth-order valence-corrected chi connectivity index (χ4v) is 3.62. The zero-order valence-electron chi connectivity index (χ0n) is 14.0. The lowest BCUT2D eigenvalue weighted by molar-refractivity contribution is 0.0722. The summed E-state index contributed by atoms with van der Waals surface area (Å²) in [5, 5.41) is 4.54. The lowest BCUT2D eigenvalue weighted by atomic mass is 10.2. The molecule has 4 heterocycles. The first-order valence-corrected chi connectivity index (χ1v) is 8.37. The second-order valence-corrected chi connectivity index (χ2v) is 6.48. The second-order valence-electron chi connectivity index (χ2n) is 6.48. The van der Waals surface area contributed by atoms with E-state index in [1.54, 1.807) is 6.20 Å². The predicted octanol–water partition coefficient (Wildman–Crippen LogP) is 2.45. The van der Waals surface area contributed by atoms with Crippen molar-refractivity contribution >= 4 is 11.6 Å². The molecule has 1 aliphatic rings. The number of carbonyl (C=O) groups excluding carboxylic acids is 1. The highest BCUT2D eigenvalue weighted by Gasteiger charge is 2.31. The van der Waals surface area contributed by atoms with Gasteiger partial charge in [-0.2, -0.15) is 5.10 Å². The highest BCUT2D eigenvalue weighted by atomic mass is 16.2. The molecule has 1 fully saturated rings. The summed E-state index contributed by atoms with van der Waals surface area (Å²) in [4.78, 5) is 19.4. The number of aryl methyl sites for hydroxylation is 2. The Morgan fingerprint density at radius 3 is 3.00 bits per heavy atom. The molecular weight excluding hydrogens is 302 g/mol. The Kier molecular flexibility index (Phi) is 3.59. The maximum absolute atomic E-state index is 13.1. The van der Waals surface area contributed by atoms with Gasteiger partial charge in [-0.25, -0.2) is 4.98 Å². The third kappa shape index (κ3) is 2.48. The van der Waals surface area contributed by atoms with Gasteiger partial charge >= 0.3 is 0 Å². The van der Waals surface area contributed by atoms with Gasteiger partial charge in [-0.3, -0.25) is 9.48 Å². The van der Waals surface area contributed by atoms with E-state index in [0.29, 0.717) is 5.56 Å². The van der Waals surface area contributed by atoms with Gasteiger partial charge in [0.15, 0.2) is 0 Å². The van der Waals surface area contributed by atoms with Crippen molar-refractivity contribution in [2.75, 3.05) is 6.54 Å². The van der Waals surface area contributed by atoms with Crippen LogP contribution in [-0.2, 0) is 6.54 Å². The van der Waals surface area contributed by atoms with Gasteiger partial charge < -0.3 is 9.30 Å². The lowest BCUT2D eigenvalue weighted by Crippen LogP contribution is -2.38. The number of nitrogens with zero attached hydrogens (tertiary/aromatic N) is 5. The van der Waals surface area contributed by atoms with Crippen molar-refractivity contribution in [2.45, 2.75) is 39.3 Å². The maximum Gasteiger partial charge on any atom is 0.257 e. The fourth-order valence-electron chi connectivity index (χ4n) is 3.62. The molecule has 1 saturated heterocycles. The molecule has 1 atom stereocenters. The molecule has 6 heteroatoms. The molecule has 3 aromatic rings. The van der Waals surface area contributed by atoms with Crippen LogP contribution in [0.25, 0.3) is 5.65 Å². The number of rotatable bonds is 3. The summed E-state index contributed by atoms with van der Waals surface area (Å²) in [6.07, 6.45) is 7.55. The van der Waals surface area contributed by atoms with Gasteiger partial charge in [-0.15, -0.1) is 0 Å². The summed E-state index contributed by atoms with van der Waals surface area (Å²) in [6.45, 7) is 5.61. The average molecular weight is 323 g/mol. The van der Waals surface area contributed by atoms with Crippen LogP contribution >= 0.6 is 0 Å². The van der Waals surface area contributed by atoms with Gasteiger partial charge in [0.05, 0.1) is 23.8 Å². The Labute approximate surface area is 140 Å². The van der Waals surface area contributed by atoms with E-state index in [9.17, 15) is 4.79 Å². The normalized spacial score (nSPS) is 17.8. The highest BCUT2D eigenvalue weighted by Crippen LogP contribution is 2.23. The number of pyridine rings is 1. The molecular formula is C18H21N5O. The summed E-state index contributed by atoms with van der Waals surface area (Å²) in [5.41, 5.74) is 3.55. The minimum atomic E-state index is 0.0656. The quantitative estimate of drug-likeness (QED) is 0.744. The topological polar surface area (TPSA) is 55.4 Å². The van der Waals surface area contributed by atoms with Crippen LogP contribution in [0.5, 0.6) is 0 Å². The van der Waals surface area contributed by atoms with Crippen molar-refractivity contribution in [3.63, 3.8) is 0 Å². The van der Waals surface area contributed by atoms with Crippen LogP contribution in [0.15, 0.2) is 36.8 Å². The van der Waals surface area contributed by atoms with Crippen molar-refractivity contribution in [3.05, 3.63) is 53.7 Å². The number of amides is 1. The third-order valence-electron chi connectivity index (χ3n) is 4.77. The smallest absolute Gasteiger partial charge is 0.257 e. The van der Waals surface area contributed by atoms with Crippen molar-refractivity contribution < 1.29 is 4.79 Å². The molecule has 0 spiro atoms. The summed E-state index contributed by atoms with van der Waals surface area (Å²) in [7, 11) is 0. The maximum atomic E-state index is 13.1. The van der Waals surface area contributed by atoms with Crippen LogP contribution in [0.3, 0.4) is 0 Å². The van der Waals surface area contributed by atoms with Crippen LogP contribution < -0.4 is 0 Å². The molecule has 3 aromatic heterocycles. The molecule has 124 valence electrons. The van der Waals surface area contributed by atoms with Gasteiger partial charge in [0.2, 0.25) is 0 Å². The van der Waals surface area contributed by atoms with Crippen molar-refractivity contribution in [1.82, 2.24) is 24.1 Å². The molecule has 0 aliphatic carbocycles. The van der Waals surface area contributed by atoms with Crippen molar-refractivity contribution in [3.8, 4) is 0 Å². The Bertz CT molecular complexity index is 894. The number of likely N-dealkylation sites (tertiary alicyclic amines) is 1. The molecule has 1 amide bonds. The van der Waals surface area contributed by atoms with Crippen LogP contribution in [0.4, 0.5) is 0 Å². The SMILES string of the molecule is Cc1cc(C)n(C[C@@H]2CCCN2C(=O)c2cccn3ccnc23)n1. The molecule has 4 rings (SSSR count). The van der Waals surface area contributed by atoms with Crippen molar-refractivity contribution in [2.24, 2.45) is 0 Å². The predicted molar refractivity (Wildman–Crippen MR) is 91.0 cm³/mol. The van der Waals surface area contributed by atoms with Crippen LogP contribution in [0, 0.1) is 13.8 Å². The van der Waals surface area contributed by atoms with E-state index < -0.39 is 0 Å². The van der Waals surface area contributed by atoms with Gasteiger partial charge in [0.1, 0.15) is 5.65 Å². The molecule has 0 aromatic carbocycles. The molecule has 0 saturated carbocycles. The third-order valence-corrected chi connectivity index (χ3v) is 4.77. The molecule has 1 aliphatic heterocycles. The van der Waals surface area contributed by atoms with Gasteiger partial charge in [-0.05, 0) is 44.9 Å². The Morgan fingerprint density at radius 1 is 1.33 bits per heavy atom.